The highest BCUT2D eigenvalue weighted by atomic mass is 19.1. The largest absolute Gasteiger partial charge is 0.368 e. The highest BCUT2D eigenvalue weighted by molar-refractivity contribution is 5.82. The summed E-state index contributed by atoms with van der Waals surface area (Å²) in [6, 6.07) is 14.4. The van der Waals surface area contributed by atoms with Crippen LogP contribution in [0.2, 0.25) is 0 Å². The molecule has 1 aromatic carbocycles. The van der Waals surface area contributed by atoms with Gasteiger partial charge in [0.15, 0.2) is 5.82 Å². The van der Waals surface area contributed by atoms with Gasteiger partial charge in [-0.3, -0.25) is 9.78 Å². The number of carbonyl (C=O) groups is 1. The third-order valence-corrected chi connectivity index (χ3v) is 6.20. The summed E-state index contributed by atoms with van der Waals surface area (Å²) in [5, 5.41) is 3.40. The standard InChI is InChI=1S/C27H33FN6O/c1-32(2)17-23-11-14-33(19-23)26-9-8-25(34(20-35)18-22-6-4-12-29-16-22)27(31-26)30-13-10-21-5-3-7-24(28)15-21/h3-9,12,15-16,20,23H,10-11,13-14,17-19H2,1-2H3,(H,30,31)/t23-/m0/s1. The summed E-state index contributed by atoms with van der Waals surface area (Å²) in [5.41, 5.74) is 2.54. The van der Waals surface area contributed by atoms with Crippen LogP contribution in [0.15, 0.2) is 60.9 Å². The van der Waals surface area contributed by atoms with Crippen LogP contribution in [0, 0.1) is 11.7 Å². The SMILES string of the molecule is CN(C)C[C@@H]1CCN(c2ccc(N(C=O)Cc3cccnc3)c(NCCc3cccc(F)c3)n2)C1. The van der Waals surface area contributed by atoms with Crippen LogP contribution in [0.3, 0.4) is 0 Å². The molecule has 4 rings (SSSR count). The molecule has 184 valence electrons. The van der Waals surface area contributed by atoms with Gasteiger partial charge in [-0.25, -0.2) is 9.37 Å². The van der Waals surface area contributed by atoms with Crippen LogP contribution in [0.5, 0.6) is 0 Å². The molecule has 8 heteroatoms. The molecule has 1 fully saturated rings. The van der Waals surface area contributed by atoms with E-state index in [1.54, 1.807) is 29.4 Å². The van der Waals surface area contributed by atoms with Gasteiger partial charge in [0.1, 0.15) is 11.6 Å². The number of benzene rings is 1. The number of hydrogen-bond acceptors (Lipinski definition) is 6. The number of halogens is 1. The molecular formula is C27H33FN6O. The van der Waals surface area contributed by atoms with Gasteiger partial charge in [0, 0.05) is 38.6 Å². The van der Waals surface area contributed by atoms with Crippen LogP contribution >= 0.6 is 0 Å². The van der Waals surface area contributed by atoms with Crippen molar-refractivity contribution in [3.8, 4) is 0 Å². The van der Waals surface area contributed by atoms with Crippen LogP contribution in [0.25, 0.3) is 0 Å². The Bertz CT molecular complexity index is 1110. The molecule has 2 aromatic heterocycles. The van der Waals surface area contributed by atoms with Crippen molar-refractivity contribution in [2.24, 2.45) is 5.92 Å². The first-order valence-corrected chi connectivity index (χ1v) is 12.0. The van der Waals surface area contributed by atoms with E-state index in [9.17, 15) is 9.18 Å². The lowest BCUT2D eigenvalue weighted by molar-refractivity contribution is -0.107. The first-order chi connectivity index (χ1) is 17.0. The maximum atomic E-state index is 13.6. The first-order valence-electron chi connectivity index (χ1n) is 12.0. The average molecular weight is 477 g/mol. The molecule has 0 bridgehead atoms. The van der Waals surface area contributed by atoms with Crippen molar-refractivity contribution in [2.75, 3.05) is 55.4 Å². The van der Waals surface area contributed by atoms with Crippen LogP contribution in [-0.4, -0.2) is 61.6 Å². The summed E-state index contributed by atoms with van der Waals surface area (Å²) in [6.07, 6.45) is 6.06. The van der Waals surface area contributed by atoms with Gasteiger partial charge in [-0.15, -0.1) is 0 Å². The molecule has 7 nitrogen and oxygen atoms in total. The molecule has 3 heterocycles. The second kappa shape index (κ2) is 11.8. The monoisotopic (exact) mass is 476 g/mol. The van der Waals surface area contributed by atoms with Gasteiger partial charge < -0.3 is 20.0 Å². The van der Waals surface area contributed by atoms with Gasteiger partial charge in [0.2, 0.25) is 6.41 Å². The summed E-state index contributed by atoms with van der Waals surface area (Å²) < 4.78 is 13.6. The van der Waals surface area contributed by atoms with Crippen molar-refractivity contribution in [2.45, 2.75) is 19.4 Å². The average Bonchev–Trinajstić information content (AvgIpc) is 3.31. The maximum absolute atomic E-state index is 13.6. The maximum Gasteiger partial charge on any atom is 0.214 e. The zero-order valence-electron chi connectivity index (χ0n) is 20.4. The quantitative estimate of drug-likeness (QED) is 0.425. The Kier molecular flexibility index (Phi) is 8.26. The Hall–Kier alpha value is -3.52. The Morgan fingerprint density at radius 3 is 2.77 bits per heavy atom. The van der Waals surface area contributed by atoms with Crippen molar-refractivity contribution in [3.05, 3.63) is 77.9 Å². The molecule has 0 spiro atoms. The van der Waals surface area contributed by atoms with Crippen LogP contribution < -0.4 is 15.1 Å². The summed E-state index contributed by atoms with van der Waals surface area (Å²) in [6.45, 7) is 3.93. The number of amides is 1. The molecule has 1 aliphatic rings. The fourth-order valence-corrected chi connectivity index (χ4v) is 4.57. The van der Waals surface area contributed by atoms with E-state index < -0.39 is 0 Å². The fourth-order valence-electron chi connectivity index (χ4n) is 4.57. The van der Waals surface area contributed by atoms with Crippen molar-refractivity contribution >= 4 is 23.7 Å². The van der Waals surface area contributed by atoms with Crippen LogP contribution in [-0.2, 0) is 17.8 Å². The molecule has 0 aliphatic carbocycles. The number of carbonyl (C=O) groups excluding carboxylic acids is 1. The number of rotatable bonds is 11. The smallest absolute Gasteiger partial charge is 0.214 e. The Balaban J connectivity index is 1.54. The highest BCUT2D eigenvalue weighted by Gasteiger charge is 2.25. The molecule has 35 heavy (non-hydrogen) atoms. The Morgan fingerprint density at radius 1 is 1.17 bits per heavy atom. The highest BCUT2D eigenvalue weighted by Crippen LogP contribution is 2.30. The lowest BCUT2D eigenvalue weighted by Crippen LogP contribution is -2.27. The summed E-state index contributed by atoms with van der Waals surface area (Å²) in [5.74, 6) is 1.91. The van der Waals surface area contributed by atoms with E-state index in [4.69, 9.17) is 4.98 Å². The van der Waals surface area contributed by atoms with Crippen molar-refractivity contribution < 1.29 is 9.18 Å². The number of nitrogens with zero attached hydrogens (tertiary/aromatic N) is 5. The molecule has 1 amide bonds. The number of pyridine rings is 2. The van der Waals surface area contributed by atoms with Gasteiger partial charge in [0.05, 0.1) is 12.2 Å². The third-order valence-electron chi connectivity index (χ3n) is 6.20. The topological polar surface area (TPSA) is 64.6 Å². The lowest BCUT2D eigenvalue weighted by Gasteiger charge is -2.24. The molecule has 1 saturated heterocycles. The molecule has 1 atom stereocenters. The van der Waals surface area contributed by atoms with Crippen LogP contribution in [0.4, 0.5) is 21.7 Å². The fraction of sp³-hybridized carbons (Fsp3) is 0.370. The minimum atomic E-state index is -0.242. The van der Waals surface area contributed by atoms with Crippen molar-refractivity contribution in [1.82, 2.24) is 14.9 Å². The summed E-state index contributed by atoms with van der Waals surface area (Å²) in [7, 11) is 4.21. The van der Waals surface area contributed by atoms with E-state index in [0.717, 1.165) is 49.4 Å². The van der Waals surface area contributed by atoms with Gasteiger partial charge in [-0.2, -0.15) is 0 Å². The summed E-state index contributed by atoms with van der Waals surface area (Å²) in [4.78, 5) is 27.3. The molecule has 3 aromatic rings. The number of hydrogen-bond donors (Lipinski definition) is 1. The second-order valence-electron chi connectivity index (χ2n) is 9.30. The predicted molar refractivity (Wildman–Crippen MR) is 138 cm³/mol. The van der Waals surface area contributed by atoms with Gasteiger partial charge in [-0.05, 0) is 74.3 Å². The van der Waals surface area contributed by atoms with E-state index in [-0.39, 0.29) is 5.82 Å². The van der Waals surface area contributed by atoms with E-state index in [1.807, 2.05) is 30.3 Å². The minimum absolute atomic E-state index is 0.242. The first kappa shape index (κ1) is 24.6. The molecule has 0 saturated carbocycles. The summed E-state index contributed by atoms with van der Waals surface area (Å²) >= 11 is 0. The third kappa shape index (κ3) is 6.76. The van der Waals surface area contributed by atoms with Crippen molar-refractivity contribution in [1.29, 1.82) is 0 Å². The van der Waals surface area contributed by atoms with Gasteiger partial charge in [-0.1, -0.05) is 18.2 Å². The predicted octanol–water partition coefficient (Wildman–Crippen LogP) is 3.82. The van der Waals surface area contributed by atoms with E-state index in [1.165, 1.54) is 6.07 Å². The van der Waals surface area contributed by atoms with Gasteiger partial charge >= 0.3 is 0 Å². The zero-order valence-corrected chi connectivity index (χ0v) is 20.4. The normalized spacial score (nSPS) is 15.4. The Morgan fingerprint density at radius 2 is 2.03 bits per heavy atom. The Labute approximate surface area is 206 Å². The molecule has 0 unspecified atom stereocenters. The van der Waals surface area contributed by atoms with E-state index >= 15 is 0 Å². The number of nitrogens with one attached hydrogen (secondary N) is 1. The molecular weight excluding hydrogens is 443 g/mol. The van der Waals surface area contributed by atoms with E-state index in [0.29, 0.717) is 36.9 Å². The molecule has 1 N–H and O–H groups in total. The molecule has 1 aliphatic heterocycles. The zero-order chi connectivity index (χ0) is 24.6. The minimum Gasteiger partial charge on any atom is -0.368 e. The van der Waals surface area contributed by atoms with Gasteiger partial charge in [0.25, 0.3) is 0 Å². The number of anilines is 3. The molecule has 0 radical (unpaired) electrons. The van der Waals surface area contributed by atoms with Crippen LogP contribution in [0.1, 0.15) is 17.5 Å². The lowest BCUT2D eigenvalue weighted by atomic mass is 10.1. The van der Waals surface area contributed by atoms with Crippen molar-refractivity contribution in [3.63, 3.8) is 0 Å². The van der Waals surface area contributed by atoms with E-state index in [2.05, 4.69) is 34.2 Å². The second-order valence-corrected chi connectivity index (χ2v) is 9.30. The number of aromatic nitrogens is 2.